The van der Waals surface area contributed by atoms with Gasteiger partial charge in [0.25, 0.3) is 0 Å². The fourth-order valence-corrected chi connectivity index (χ4v) is 9.27. The Bertz CT molecular complexity index is 3040. The molecule has 0 aliphatic rings. The number of carboxylic acid groups (broad SMARTS) is 1. The molecule has 0 spiro atoms. The van der Waals surface area contributed by atoms with E-state index < -0.39 is 60.2 Å². The molecule has 2 atom stereocenters. The maximum absolute atomic E-state index is 15.5. The summed E-state index contributed by atoms with van der Waals surface area (Å²) in [5.41, 5.74) is 0.119. The summed E-state index contributed by atoms with van der Waals surface area (Å²) in [5.74, 6) is -3.52. The van der Waals surface area contributed by atoms with Crippen molar-refractivity contribution >= 4 is 65.3 Å². The van der Waals surface area contributed by atoms with Crippen LogP contribution in [-0.2, 0) is 22.0 Å². The van der Waals surface area contributed by atoms with Gasteiger partial charge in [0.05, 0.1) is 60.1 Å². The van der Waals surface area contributed by atoms with Gasteiger partial charge >= 0.3 is 11.9 Å². The maximum atomic E-state index is 15.5. The number of carboxylic acids is 1. The van der Waals surface area contributed by atoms with Gasteiger partial charge in [-0.15, -0.1) is 0 Å². The quantitative estimate of drug-likeness (QED) is 0.0714. The fraction of sp³-hybridized carbons (Fsp3) is 0.396. The van der Waals surface area contributed by atoms with Crippen molar-refractivity contribution in [3.05, 3.63) is 154 Å². The lowest BCUT2D eigenvalue weighted by Crippen LogP contribution is -2.42. The molecule has 2 aromatic heterocycles. The molecule has 6 rings (SSSR count). The van der Waals surface area contributed by atoms with Crippen LogP contribution in [0.15, 0.2) is 82.6 Å². The van der Waals surface area contributed by atoms with E-state index in [1.165, 1.54) is 55.9 Å². The van der Waals surface area contributed by atoms with Crippen LogP contribution < -0.4 is 15.6 Å². The van der Waals surface area contributed by atoms with E-state index >= 15 is 4.39 Å². The largest absolute Gasteiger partial charge is 0.496 e. The lowest BCUT2D eigenvalue weighted by atomic mass is 9.98. The van der Waals surface area contributed by atoms with Crippen molar-refractivity contribution in [2.24, 2.45) is 11.8 Å². The van der Waals surface area contributed by atoms with Crippen molar-refractivity contribution in [3.63, 3.8) is 0 Å². The van der Waals surface area contributed by atoms with Gasteiger partial charge < -0.3 is 33.2 Å². The zero-order valence-electron chi connectivity index (χ0n) is 41.3. The lowest BCUT2D eigenvalue weighted by Gasteiger charge is -2.38. The molecule has 0 fully saturated rings. The van der Waals surface area contributed by atoms with Crippen molar-refractivity contribution in [1.82, 2.24) is 9.13 Å². The number of pyridine rings is 2. The maximum Gasteiger partial charge on any atom is 0.343 e. The lowest BCUT2D eigenvalue weighted by molar-refractivity contribution is 0.0522. The van der Waals surface area contributed by atoms with Gasteiger partial charge in [0.2, 0.25) is 10.9 Å². The van der Waals surface area contributed by atoms with Crippen LogP contribution >= 0.6 is 23.2 Å². The van der Waals surface area contributed by atoms with Gasteiger partial charge in [-0.1, -0.05) is 95.9 Å². The van der Waals surface area contributed by atoms with Gasteiger partial charge in [0, 0.05) is 42.1 Å². The van der Waals surface area contributed by atoms with Crippen molar-refractivity contribution in [2.45, 2.75) is 98.4 Å². The number of esters is 1. The van der Waals surface area contributed by atoms with Gasteiger partial charge in [0.1, 0.15) is 34.3 Å². The van der Waals surface area contributed by atoms with E-state index in [4.69, 9.17) is 37.1 Å². The number of aromatic carboxylic acids is 1. The molecular weight excluding hydrogens is 965 g/mol. The molecule has 0 saturated carbocycles. The second-order valence-electron chi connectivity index (χ2n) is 19.4. The molecule has 4 aromatic carbocycles. The Kier molecular flexibility index (Phi) is 18.0. The summed E-state index contributed by atoms with van der Waals surface area (Å²) in [6.45, 7) is 20.4. The summed E-state index contributed by atoms with van der Waals surface area (Å²) in [6.07, 6.45) is 2.69. The highest BCUT2D eigenvalue weighted by Crippen LogP contribution is 2.38. The van der Waals surface area contributed by atoms with E-state index in [-0.39, 0.29) is 86.5 Å². The topological polar surface area (TPSA) is 146 Å². The number of ether oxygens (including phenoxy) is 2. The molecule has 2 heterocycles. The first-order valence-electron chi connectivity index (χ1n) is 22.9. The molecule has 0 radical (unpaired) electrons. The number of aromatic nitrogens is 2. The Morgan fingerprint density at radius 2 is 1.23 bits per heavy atom. The van der Waals surface area contributed by atoms with Crippen LogP contribution in [0, 0.1) is 29.3 Å². The first-order chi connectivity index (χ1) is 32.8. The van der Waals surface area contributed by atoms with Gasteiger partial charge in [-0.25, -0.2) is 22.8 Å². The number of aliphatic hydroxyl groups is 1. The van der Waals surface area contributed by atoms with Crippen molar-refractivity contribution in [3.8, 4) is 5.75 Å². The van der Waals surface area contributed by atoms with Gasteiger partial charge in [-0.2, -0.15) is 0 Å². The van der Waals surface area contributed by atoms with Crippen LogP contribution in [0.25, 0.3) is 21.8 Å². The van der Waals surface area contributed by atoms with Crippen molar-refractivity contribution in [1.29, 1.82) is 0 Å². The van der Waals surface area contributed by atoms with Crippen LogP contribution in [0.3, 0.4) is 0 Å². The minimum Gasteiger partial charge on any atom is -0.496 e. The normalized spacial score (nSPS) is 12.8. The zero-order valence-corrected chi connectivity index (χ0v) is 43.8. The first kappa shape index (κ1) is 55.5. The Balaban J connectivity index is 0.000000267. The summed E-state index contributed by atoms with van der Waals surface area (Å²) in [5, 5.41) is 19.7. The zero-order chi connectivity index (χ0) is 52.2. The van der Waals surface area contributed by atoms with E-state index in [9.17, 15) is 38.2 Å². The average molecular weight is 1030 g/mol. The molecule has 0 amide bonds. The SMILES string of the molecule is CCOC(=O)c1cn(C(CO[Si](C)(C)C(C)(C)C)C(C)C)c2cc(F)c(Cc3cccc(Cl)c3F)cc2c1=O.COc1cc2c(cc1Cc1cccc(Cl)c1F)c(=O)c(C(=O)O)cn2C(CO)C(C)C. The number of carbonyl (C=O) groups is 2. The Morgan fingerprint density at radius 3 is 1.71 bits per heavy atom. The number of benzene rings is 4. The van der Waals surface area contributed by atoms with E-state index in [0.29, 0.717) is 34.5 Å². The Hall–Kier alpha value is -5.45. The third-order valence-electron chi connectivity index (χ3n) is 13.0. The highest BCUT2D eigenvalue weighted by atomic mass is 35.5. The predicted molar refractivity (Wildman–Crippen MR) is 272 cm³/mol. The molecule has 11 nitrogen and oxygen atoms in total. The number of hydrogen-bond donors (Lipinski definition) is 2. The molecule has 17 heteroatoms. The monoisotopic (exact) mass is 1020 g/mol. The standard InChI is InChI=1S/C30H38ClF2NO4Si.C23H23ClFNO5/c1-9-37-29(36)22-16-34(26(18(2)3)17-38-39(7,8)30(4,5)6)25-15-24(32)20(14-21(25)28(22)35)13-19-11-10-12-23(31)27(19)33;1-12(2)19(11-27)26-10-16(23(29)30)22(28)15-8-14(20(31-3)9-18(15)26)7-13-5-4-6-17(24)21(13)25/h10-12,14-16,18,26H,9,13,17H2,1-8H3;4-6,8-10,12,19,27H,7,11H2,1-3H3,(H,29,30). The summed E-state index contributed by atoms with van der Waals surface area (Å²) in [4.78, 5) is 51.0. The molecule has 2 unspecified atom stereocenters. The highest BCUT2D eigenvalue weighted by Gasteiger charge is 2.38. The molecule has 70 heavy (non-hydrogen) atoms. The van der Waals surface area contributed by atoms with Gasteiger partial charge in [-0.05, 0) is 89.5 Å². The molecule has 0 bridgehead atoms. The number of methoxy groups -OCH3 is 1. The third kappa shape index (κ3) is 12.0. The molecule has 0 aliphatic heterocycles. The minimum absolute atomic E-state index is 0.0181. The first-order valence-corrected chi connectivity index (χ1v) is 26.6. The molecule has 2 N–H and O–H groups in total. The van der Waals surface area contributed by atoms with E-state index in [2.05, 4.69) is 33.9 Å². The molecule has 6 aromatic rings. The average Bonchev–Trinajstić information content (AvgIpc) is 3.28. The summed E-state index contributed by atoms with van der Waals surface area (Å²) in [6, 6.07) is 14.2. The Morgan fingerprint density at radius 1 is 0.743 bits per heavy atom. The van der Waals surface area contributed by atoms with Crippen LogP contribution in [0.2, 0.25) is 28.2 Å². The molecular formula is C53H61Cl2F3N2O9Si. The smallest absolute Gasteiger partial charge is 0.343 e. The predicted octanol–water partition coefficient (Wildman–Crippen LogP) is 12.2. The van der Waals surface area contributed by atoms with Crippen molar-refractivity contribution < 1.29 is 46.9 Å². The van der Waals surface area contributed by atoms with Crippen molar-refractivity contribution in [2.75, 3.05) is 26.9 Å². The van der Waals surface area contributed by atoms with Crippen LogP contribution in [-0.4, -0.2) is 66.5 Å². The van der Waals surface area contributed by atoms with Gasteiger partial charge in [-0.3, -0.25) is 9.59 Å². The molecule has 0 saturated heterocycles. The summed E-state index contributed by atoms with van der Waals surface area (Å²) in [7, 11) is -0.676. The van der Waals surface area contributed by atoms with E-state index in [1.807, 2.05) is 27.7 Å². The van der Waals surface area contributed by atoms with E-state index in [1.54, 1.807) is 40.3 Å². The number of carbonyl (C=O) groups excluding carboxylic acids is 1. The van der Waals surface area contributed by atoms with Crippen LogP contribution in [0.1, 0.15) is 110 Å². The second-order valence-corrected chi connectivity index (χ2v) is 25.0. The summed E-state index contributed by atoms with van der Waals surface area (Å²) < 4.78 is 65.1. The summed E-state index contributed by atoms with van der Waals surface area (Å²) >= 11 is 11.8. The third-order valence-corrected chi connectivity index (χ3v) is 18.1. The van der Waals surface area contributed by atoms with E-state index in [0.717, 1.165) is 0 Å². The molecule has 376 valence electrons. The van der Waals surface area contributed by atoms with Crippen LogP contribution in [0.5, 0.6) is 5.75 Å². The Labute approximate surface area is 416 Å². The van der Waals surface area contributed by atoms with Crippen LogP contribution in [0.4, 0.5) is 13.2 Å². The molecule has 0 aliphatic carbocycles. The fourth-order valence-electron chi connectivity index (χ4n) is 7.86. The number of fused-ring (bicyclic) bond motifs is 2. The van der Waals surface area contributed by atoms with Gasteiger partial charge in [0.15, 0.2) is 8.32 Å². The number of halogens is 5. The number of nitrogens with zero attached hydrogens (tertiary/aromatic N) is 2. The number of aliphatic hydroxyl groups excluding tert-OH is 1. The number of rotatable bonds is 16. The minimum atomic E-state index is -2.13. The second kappa shape index (κ2) is 22.7. The highest BCUT2D eigenvalue weighted by molar-refractivity contribution is 6.74. The number of hydrogen-bond acceptors (Lipinski definition) is 8.